The predicted octanol–water partition coefficient (Wildman–Crippen LogP) is 13.7. The molecule has 2 heteroatoms. The summed E-state index contributed by atoms with van der Waals surface area (Å²) < 4.78 is 0. The average molecular weight is 681 g/mol. The highest BCUT2D eigenvalue weighted by atomic mass is 15.2. The van der Waals surface area contributed by atoms with Gasteiger partial charge in [0.25, 0.3) is 0 Å². The molecule has 0 atom stereocenters. The lowest BCUT2D eigenvalue weighted by Crippen LogP contribution is -2.34. The number of hydrogen-bond donors (Lipinski definition) is 0. The maximum absolute atomic E-state index is 2.53. The molecule has 262 valence electrons. The number of benzene rings is 6. The number of hydrogen-bond acceptors (Lipinski definition) is 2. The van der Waals surface area contributed by atoms with E-state index >= 15 is 0 Å². The zero-order valence-electron chi connectivity index (χ0n) is 32.0. The van der Waals surface area contributed by atoms with Crippen molar-refractivity contribution in [3.8, 4) is 11.1 Å². The maximum atomic E-state index is 2.53. The van der Waals surface area contributed by atoms with Crippen molar-refractivity contribution in [1.29, 1.82) is 0 Å². The minimum Gasteiger partial charge on any atom is -0.341 e. The smallest absolute Gasteiger partial charge is 0.0490 e. The van der Waals surface area contributed by atoms with Crippen LogP contribution < -0.4 is 9.80 Å². The Morgan fingerprint density at radius 3 is 1.83 bits per heavy atom. The molecule has 0 unspecified atom stereocenters. The van der Waals surface area contributed by atoms with E-state index in [1.54, 1.807) is 0 Å². The summed E-state index contributed by atoms with van der Waals surface area (Å²) in [5, 5.41) is 2.59. The van der Waals surface area contributed by atoms with Gasteiger partial charge in [0.05, 0.1) is 0 Å². The average Bonchev–Trinajstić information content (AvgIpc) is 3.14. The first kappa shape index (κ1) is 34.0. The third-order valence-corrected chi connectivity index (χ3v) is 12.0. The van der Waals surface area contributed by atoms with E-state index in [9.17, 15) is 0 Å². The molecule has 2 nitrogen and oxygen atoms in total. The summed E-state index contributed by atoms with van der Waals surface area (Å²) >= 11 is 0. The van der Waals surface area contributed by atoms with Gasteiger partial charge in [-0.2, -0.15) is 0 Å². The van der Waals surface area contributed by atoms with Gasteiger partial charge in [0.2, 0.25) is 0 Å². The fourth-order valence-corrected chi connectivity index (χ4v) is 8.77. The zero-order chi connectivity index (χ0) is 36.2. The van der Waals surface area contributed by atoms with Crippen molar-refractivity contribution >= 4 is 45.7 Å². The minimum absolute atomic E-state index is 0.176. The Balaban J connectivity index is 1.10. The number of fused-ring (bicyclic) bond motifs is 3. The molecule has 0 amide bonds. The third-order valence-electron chi connectivity index (χ3n) is 12.0. The van der Waals surface area contributed by atoms with Crippen LogP contribution >= 0.6 is 0 Å². The summed E-state index contributed by atoms with van der Waals surface area (Å²) in [7, 11) is 0. The quantitative estimate of drug-likeness (QED) is 0.162. The van der Waals surface area contributed by atoms with Gasteiger partial charge in [0, 0.05) is 41.2 Å². The maximum Gasteiger partial charge on any atom is 0.0490 e. The fraction of sp³-hybridized carbons (Fsp3) is 0.280. The van der Waals surface area contributed by atoms with E-state index in [4.69, 9.17) is 0 Å². The monoisotopic (exact) mass is 680 g/mol. The highest BCUT2D eigenvalue weighted by molar-refractivity contribution is 6.02. The molecule has 0 fully saturated rings. The standard InChI is InChI=1S/C50H52N2/c1-34(2)43-33-36(21-25-41(43)39-26-24-38(32-35(39)3)51-30-28-49(4,5)44-16-10-12-18-47(44)51)20-22-37-23-27-46(42-15-9-8-14-40(37)42)52-31-29-50(6,7)45-17-11-13-19-48(45)52/h8-27,32-34H,28-31H2,1-7H3/b22-20+. The molecule has 0 N–H and O–H groups in total. The second-order valence-electron chi connectivity index (χ2n) is 16.7. The van der Waals surface area contributed by atoms with Crippen molar-refractivity contribution in [2.24, 2.45) is 0 Å². The van der Waals surface area contributed by atoms with Gasteiger partial charge in [-0.3, -0.25) is 0 Å². The normalized spacial score (nSPS) is 16.4. The first-order valence-electron chi connectivity index (χ1n) is 19.2. The number of para-hydroxylation sites is 2. The van der Waals surface area contributed by atoms with Crippen molar-refractivity contribution < 1.29 is 0 Å². The number of rotatable bonds is 6. The molecule has 8 rings (SSSR count). The lowest BCUT2D eigenvalue weighted by atomic mass is 9.77. The molecule has 0 spiro atoms. The van der Waals surface area contributed by atoms with Crippen LogP contribution in [-0.2, 0) is 10.8 Å². The number of anilines is 4. The van der Waals surface area contributed by atoms with Crippen molar-refractivity contribution in [2.75, 3.05) is 22.9 Å². The van der Waals surface area contributed by atoms with Crippen LogP contribution in [0.4, 0.5) is 22.7 Å². The van der Waals surface area contributed by atoms with Crippen LogP contribution in [0, 0.1) is 6.92 Å². The molecule has 52 heavy (non-hydrogen) atoms. The van der Waals surface area contributed by atoms with Gasteiger partial charge in [-0.15, -0.1) is 0 Å². The minimum atomic E-state index is 0.176. The Morgan fingerprint density at radius 2 is 1.15 bits per heavy atom. The molecule has 0 bridgehead atoms. The first-order chi connectivity index (χ1) is 25.0. The lowest BCUT2D eigenvalue weighted by molar-refractivity contribution is 0.467. The SMILES string of the molecule is Cc1cc(N2CCC(C)(C)c3ccccc32)ccc1-c1ccc(/C=C/c2ccc(N3CCC(C)(C)c4ccccc43)c3ccccc23)cc1C(C)C. The molecule has 0 aliphatic carbocycles. The molecule has 0 saturated heterocycles. The summed E-state index contributed by atoms with van der Waals surface area (Å²) in [5.41, 5.74) is 16.3. The van der Waals surface area contributed by atoms with Crippen LogP contribution in [0.5, 0.6) is 0 Å². The summed E-state index contributed by atoms with van der Waals surface area (Å²) in [6.45, 7) is 18.4. The summed E-state index contributed by atoms with van der Waals surface area (Å²) in [6, 6.07) is 45.5. The third kappa shape index (κ3) is 6.03. The summed E-state index contributed by atoms with van der Waals surface area (Å²) in [4.78, 5) is 5.04. The number of aryl methyl sites for hydroxylation is 1. The van der Waals surface area contributed by atoms with Gasteiger partial charge in [-0.25, -0.2) is 0 Å². The fourth-order valence-electron chi connectivity index (χ4n) is 8.77. The molecule has 2 aliphatic heterocycles. The predicted molar refractivity (Wildman–Crippen MR) is 226 cm³/mol. The number of nitrogens with zero attached hydrogens (tertiary/aromatic N) is 2. The van der Waals surface area contributed by atoms with Crippen molar-refractivity contribution in [3.63, 3.8) is 0 Å². The summed E-state index contributed by atoms with van der Waals surface area (Å²) in [6.07, 6.45) is 6.86. The second kappa shape index (κ2) is 13.2. The molecular weight excluding hydrogens is 629 g/mol. The van der Waals surface area contributed by atoms with Gasteiger partial charge >= 0.3 is 0 Å². The Bertz CT molecular complexity index is 2320. The topological polar surface area (TPSA) is 6.48 Å². The van der Waals surface area contributed by atoms with Gasteiger partial charge < -0.3 is 9.80 Å². The van der Waals surface area contributed by atoms with Crippen molar-refractivity contribution in [2.45, 2.75) is 78.1 Å². The second-order valence-corrected chi connectivity index (χ2v) is 16.7. The van der Waals surface area contributed by atoms with E-state index in [0.29, 0.717) is 5.92 Å². The highest BCUT2D eigenvalue weighted by Gasteiger charge is 2.33. The van der Waals surface area contributed by atoms with Gasteiger partial charge in [-0.05, 0) is 117 Å². The van der Waals surface area contributed by atoms with Crippen molar-refractivity contribution in [1.82, 2.24) is 0 Å². The van der Waals surface area contributed by atoms with E-state index in [2.05, 4.69) is 192 Å². The van der Waals surface area contributed by atoms with E-state index in [1.807, 2.05) is 0 Å². The largest absolute Gasteiger partial charge is 0.341 e. The highest BCUT2D eigenvalue weighted by Crippen LogP contribution is 2.46. The zero-order valence-corrected chi connectivity index (χ0v) is 32.0. The van der Waals surface area contributed by atoms with Crippen LogP contribution in [0.15, 0.2) is 121 Å². The van der Waals surface area contributed by atoms with Crippen LogP contribution in [0.3, 0.4) is 0 Å². The van der Waals surface area contributed by atoms with E-state index < -0.39 is 0 Å². The summed E-state index contributed by atoms with van der Waals surface area (Å²) in [5.74, 6) is 0.399. The van der Waals surface area contributed by atoms with Gasteiger partial charge in [-0.1, -0.05) is 145 Å². The molecule has 0 saturated carbocycles. The molecule has 2 aliphatic rings. The molecule has 6 aromatic rings. The molecular formula is C50H52N2. The van der Waals surface area contributed by atoms with Gasteiger partial charge in [0.15, 0.2) is 0 Å². The van der Waals surface area contributed by atoms with E-state index in [0.717, 1.165) is 25.9 Å². The molecule has 0 aromatic heterocycles. The van der Waals surface area contributed by atoms with Crippen molar-refractivity contribution in [3.05, 3.63) is 155 Å². The lowest BCUT2D eigenvalue weighted by Gasteiger charge is -2.40. The Hall–Kier alpha value is -5.08. The Labute approximate surface area is 311 Å². The van der Waals surface area contributed by atoms with Gasteiger partial charge in [0.1, 0.15) is 0 Å². The molecule has 0 radical (unpaired) electrons. The van der Waals surface area contributed by atoms with E-state index in [-0.39, 0.29) is 10.8 Å². The molecule has 2 heterocycles. The van der Waals surface area contributed by atoms with Crippen LogP contribution in [0.25, 0.3) is 34.1 Å². The van der Waals surface area contributed by atoms with Crippen LogP contribution in [0.2, 0.25) is 0 Å². The first-order valence-corrected chi connectivity index (χ1v) is 19.2. The van der Waals surface area contributed by atoms with Crippen LogP contribution in [0.1, 0.15) is 93.7 Å². The molecule has 6 aromatic carbocycles. The van der Waals surface area contributed by atoms with E-state index in [1.165, 1.54) is 78.0 Å². The van der Waals surface area contributed by atoms with Crippen LogP contribution in [-0.4, -0.2) is 13.1 Å². The Morgan fingerprint density at radius 1 is 0.558 bits per heavy atom. The Kier molecular flexibility index (Phi) is 8.61.